The van der Waals surface area contributed by atoms with E-state index < -0.39 is 8.38 Å². The highest BCUT2D eigenvalue weighted by atomic mass is 31.2. The van der Waals surface area contributed by atoms with E-state index >= 15 is 0 Å². The maximum Gasteiger partial charge on any atom is 0.178 e. The van der Waals surface area contributed by atoms with Gasteiger partial charge in [0.05, 0.1) is 78.8 Å². The summed E-state index contributed by atoms with van der Waals surface area (Å²) < 4.78 is 32.5. The molecule has 1 aromatic rings. The molecule has 0 saturated heterocycles. The second-order valence-electron chi connectivity index (χ2n) is 6.71. The molecule has 194 valence electrons. The molecular weight excluding hydrogens is 463 g/mol. The van der Waals surface area contributed by atoms with Gasteiger partial charge in [0.15, 0.2) is 14.2 Å². The first-order valence-corrected chi connectivity index (χ1v) is 12.7. The van der Waals surface area contributed by atoms with E-state index in [0.717, 1.165) is 11.1 Å². The van der Waals surface area contributed by atoms with Crippen LogP contribution in [0.4, 0.5) is 0 Å². The lowest BCUT2D eigenvalue weighted by molar-refractivity contribution is -0.00743. The Balaban J connectivity index is 2.25. The molecular formula is C22H39N4O7P. The van der Waals surface area contributed by atoms with Crippen molar-refractivity contribution in [3.63, 3.8) is 0 Å². The average molecular weight is 503 g/mol. The average Bonchev–Trinajstić information content (AvgIpc) is 2.84. The second kappa shape index (κ2) is 20.7. The van der Waals surface area contributed by atoms with Crippen molar-refractivity contribution >= 4 is 20.0 Å². The van der Waals surface area contributed by atoms with Gasteiger partial charge in [-0.3, -0.25) is 0 Å². The molecule has 0 unspecified atom stereocenters. The van der Waals surface area contributed by atoms with Gasteiger partial charge in [-0.1, -0.05) is 24.3 Å². The van der Waals surface area contributed by atoms with Gasteiger partial charge >= 0.3 is 0 Å². The highest BCUT2D eigenvalue weighted by Gasteiger charge is 2.11. The highest BCUT2D eigenvalue weighted by molar-refractivity contribution is 7.48. The zero-order valence-corrected chi connectivity index (χ0v) is 21.1. The fourth-order valence-electron chi connectivity index (χ4n) is 2.44. The van der Waals surface area contributed by atoms with E-state index in [2.05, 4.69) is 10.2 Å². The van der Waals surface area contributed by atoms with Gasteiger partial charge in [-0.2, -0.15) is 0 Å². The van der Waals surface area contributed by atoms with Gasteiger partial charge in [0.25, 0.3) is 0 Å². The van der Waals surface area contributed by atoms with E-state index in [4.69, 9.17) is 44.6 Å². The molecule has 0 atom stereocenters. The number of amidine groups is 2. The number of ether oxygens (including phenoxy) is 4. The molecule has 0 radical (unpaired) electrons. The molecule has 0 aromatic heterocycles. The molecule has 5 N–H and O–H groups in total. The summed E-state index contributed by atoms with van der Waals surface area (Å²) in [4.78, 5) is 0. The molecule has 0 aliphatic carbocycles. The first-order valence-electron chi connectivity index (χ1n) is 11.3. The van der Waals surface area contributed by atoms with Gasteiger partial charge < -0.3 is 44.6 Å². The fourth-order valence-corrected chi connectivity index (χ4v) is 3.60. The summed E-state index contributed by atoms with van der Waals surface area (Å²) in [7, 11) is -1.11. The number of aliphatic hydroxyl groups excluding tert-OH is 1. The van der Waals surface area contributed by atoms with Crippen LogP contribution >= 0.6 is 8.38 Å². The third kappa shape index (κ3) is 15.3. The van der Waals surface area contributed by atoms with E-state index in [1.807, 2.05) is 38.1 Å². The summed E-state index contributed by atoms with van der Waals surface area (Å²) in [6, 6.07) is 7.55. The maximum absolute atomic E-state index is 8.58. The molecule has 1 aromatic carbocycles. The van der Waals surface area contributed by atoms with E-state index in [1.54, 1.807) is 0 Å². The van der Waals surface area contributed by atoms with E-state index in [9.17, 15) is 0 Å². The molecule has 0 bridgehead atoms. The largest absolute Gasteiger partial charge is 0.394 e. The van der Waals surface area contributed by atoms with E-state index in [-0.39, 0.29) is 12.4 Å². The molecule has 0 spiro atoms. The standard InChI is InChI=1S/C22H39N4O7P/c1-3-32-34(33-4-2)18-21(23)25-26-22(24)20-7-5-19(6-8-20)17-31-16-15-30-14-13-29-12-11-28-10-9-27/h5-8,27H,3-4,9-18H2,1-2H3,(H2,23,25)(H2,24,26). The Hall–Kier alpha value is -1.69. The van der Waals surface area contributed by atoms with Crippen LogP contribution in [0.25, 0.3) is 0 Å². The lowest BCUT2D eigenvalue weighted by Gasteiger charge is -2.14. The minimum atomic E-state index is -1.11. The number of aliphatic hydroxyl groups is 1. The molecule has 1 rings (SSSR count). The van der Waals surface area contributed by atoms with Gasteiger partial charge in [0.1, 0.15) is 5.84 Å². The molecule has 0 aliphatic rings. The third-order valence-electron chi connectivity index (χ3n) is 3.99. The van der Waals surface area contributed by atoms with Gasteiger partial charge in [-0.25, -0.2) is 0 Å². The van der Waals surface area contributed by atoms with Crippen molar-refractivity contribution in [2.75, 3.05) is 72.2 Å². The number of nitrogens with zero attached hydrogens (tertiary/aromatic N) is 2. The Morgan fingerprint density at radius 2 is 1.32 bits per heavy atom. The predicted octanol–water partition coefficient (Wildman–Crippen LogP) is 1.61. The van der Waals surface area contributed by atoms with Crippen LogP contribution in [0.1, 0.15) is 25.0 Å². The molecule has 0 amide bonds. The Morgan fingerprint density at radius 3 is 1.85 bits per heavy atom. The summed E-state index contributed by atoms with van der Waals surface area (Å²) in [5.74, 6) is 0.574. The highest BCUT2D eigenvalue weighted by Crippen LogP contribution is 2.37. The van der Waals surface area contributed by atoms with Crippen LogP contribution in [0, 0.1) is 0 Å². The molecule has 0 heterocycles. The molecule has 11 nitrogen and oxygen atoms in total. The predicted molar refractivity (Wildman–Crippen MR) is 133 cm³/mol. The van der Waals surface area contributed by atoms with Crippen molar-refractivity contribution in [2.45, 2.75) is 20.5 Å². The lowest BCUT2D eigenvalue weighted by Crippen LogP contribution is -2.18. The smallest absolute Gasteiger partial charge is 0.178 e. The van der Waals surface area contributed by atoms with Crippen LogP contribution in [0.15, 0.2) is 34.5 Å². The molecule has 0 aliphatic heterocycles. The van der Waals surface area contributed by atoms with Crippen molar-refractivity contribution in [2.24, 2.45) is 21.7 Å². The van der Waals surface area contributed by atoms with Crippen LogP contribution in [-0.2, 0) is 34.6 Å². The van der Waals surface area contributed by atoms with Crippen LogP contribution in [0.5, 0.6) is 0 Å². The minimum absolute atomic E-state index is 0.0204. The first kappa shape index (κ1) is 30.3. The Kier molecular flexibility index (Phi) is 18.4. The number of nitrogens with two attached hydrogens (primary N) is 2. The summed E-state index contributed by atoms with van der Waals surface area (Å²) in [5, 5.41) is 16.6. The van der Waals surface area contributed by atoms with Crippen molar-refractivity contribution in [3.05, 3.63) is 35.4 Å². The van der Waals surface area contributed by atoms with Crippen molar-refractivity contribution in [1.82, 2.24) is 0 Å². The minimum Gasteiger partial charge on any atom is -0.394 e. The quantitative estimate of drug-likeness (QED) is 0.0748. The maximum atomic E-state index is 8.58. The van der Waals surface area contributed by atoms with Crippen LogP contribution in [0.2, 0.25) is 0 Å². The molecule has 0 saturated carbocycles. The fraction of sp³-hybridized carbons (Fsp3) is 0.636. The Morgan fingerprint density at radius 1 is 0.794 bits per heavy atom. The van der Waals surface area contributed by atoms with Crippen molar-refractivity contribution in [3.8, 4) is 0 Å². The lowest BCUT2D eigenvalue weighted by atomic mass is 10.1. The zero-order valence-electron chi connectivity index (χ0n) is 20.2. The second-order valence-corrected chi connectivity index (χ2v) is 8.21. The SMILES string of the molecule is CCOP(C/C(N)=N/N=C(\N)c1ccc(COCCOCCOCCOCCO)cc1)OCC. The van der Waals surface area contributed by atoms with E-state index in [1.165, 1.54) is 0 Å². The summed E-state index contributed by atoms with van der Waals surface area (Å²) in [6.45, 7) is 8.59. The number of hydrogen-bond acceptors (Lipinski definition) is 9. The van der Waals surface area contributed by atoms with Gasteiger partial charge in [-0.05, 0) is 19.4 Å². The molecule has 0 fully saturated rings. The van der Waals surface area contributed by atoms with Gasteiger partial charge in [-0.15, -0.1) is 10.2 Å². The van der Waals surface area contributed by atoms with Gasteiger partial charge in [0, 0.05) is 5.56 Å². The number of benzene rings is 1. The normalized spacial score (nSPS) is 12.6. The Bertz CT molecular complexity index is 686. The number of hydrogen-bond donors (Lipinski definition) is 3. The summed E-state index contributed by atoms with van der Waals surface area (Å²) in [6.07, 6.45) is 0.376. The third-order valence-corrected chi connectivity index (χ3v) is 5.67. The van der Waals surface area contributed by atoms with Crippen molar-refractivity contribution < 1.29 is 33.1 Å². The van der Waals surface area contributed by atoms with Crippen LogP contribution < -0.4 is 11.5 Å². The molecule has 12 heteroatoms. The monoisotopic (exact) mass is 502 g/mol. The summed E-state index contributed by atoms with van der Waals surface area (Å²) >= 11 is 0. The first-order chi connectivity index (χ1) is 16.6. The zero-order chi connectivity index (χ0) is 24.9. The van der Waals surface area contributed by atoms with Crippen LogP contribution in [-0.4, -0.2) is 89.0 Å². The van der Waals surface area contributed by atoms with E-state index in [0.29, 0.717) is 78.1 Å². The van der Waals surface area contributed by atoms with Crippen LogP contribution in [0.3, 0.4) is 0 Å². The Labute approximate surface area is 203 Å². The van der Waals surface area contributed by atoms with Crippen molar-refractivity contribution in [1.29, 1.82) is 0 Å². The topological polar surface area (TPSA) is 152 Å². The molecule has 34 heavy (non-hydrogen) atoms. The van der Waals surface area contributed by atoms with Gasteiger partial charge in [0.2, 0.25) is 0 Å². The summed E-state index contributed by atoms with van der Waals surface area (Å²) in [5.41, 5.74) is 13.7. The number of rotatable bonds is 21.